The van der Waals surface area contributed by atoms with Gasteiger partial charge in [0.25, 0.3) is 0 Å². The van der Waals surface area contributed by atoms with E-state index in [-0.39, 0.29) is 0 Å². The average molecular weight is 258 g/mol. The topological polar surface area (TPSA) is 9.23 Å². The predicted molar refractivity (Wildman–Crippen MR) is 78.5 cm³/mol. The molecule has 0 fully saturated rings. The largest absolute Gasteiger partial charge is 0.489 e. The lowest BCUT2D eigenvalue weighted by Crippen LogP contribution is -1.98. The van der Waals surface area contributed by atoms with Gasteiger partial charge in [0.2, 0.25) is 0 Å². The van der Waals surface area contributed by atoms with Crippen LogP contribution in [0.15, 0.2) is 47.4 Å². The lowest BCUT2D eigenvalue weighted by atomic mass is 10.1. The van der Waals surface area contributed by atoms with Crippen LogP contribution >= 0.6 is 11.8 Å². The van der Waals surface area contributed by atoms with E-state index in [0.29, 0.717) is 6.61 Å². The van der Waals surface area contributed by atoms with Crippen molar-refractivity contribution < 1.29 is 4.74 Å². The first kappa shape index (κ1) is 13.0. The molecule has 0 unspecified atom stereocenters. The SMILES string of the molecule is CSc1ccc(OCc2ccccc2)c(C)c1C. The van der Waals surface area contributed by atoms with Crippen LogP contribution in [0.25, 0.3) is 0 Å². The maximum Gasteiger partial charge on any atom is 0.123 e. The molecular formula is C16H18OS. The van der Waals surface area contributed by atoms with E-state index >= 15 is 0 Å². The number of rotatable bonds is 4. The summed E-state index contributed by atoms with van der Waals surface area (Å²) in [5.74, 6) is 0.981. The van der Waals surface area contributed by atoms with Gasteiger partial charge in [-0.25, -0.2) is 0 Å². The molecule has 0 aromatic heterocycles. The molecule has 0 spiro atoms. The van der Waals surface area contributed by atoms with Crippen LogP contribution in [0.3, 0.4) is 0 Å². The highest BCUT2D eigenvalue weighted by atomic mass is 32.2. The summed E-state index contributed by atoms with van der Waals surface area (Å²) in [6.07, 6.45) is 2.10. The molecule has 0 heterocycles. The van der Waals surface area contributed by atoms with Crippen LogP contribution in [-0.4, -0.2) is 6.26 Å². The maximum absolute atomic E-state index is 5.89. The Kier molecular flexibility index (Phi) is 4.32. The molecule has 2 aromatic carbocycles. The zero-order chi connectivity index (χ0) is 13.0. The third-order valence-corrected chi connectivity index (χ3v) is 4.03. The fourth-order valence-electron chi connectivity index (χ4n) is 1.88. The van der Waals surface area contributed by atoms with Crippen molar-refractivity contribution in [3.63, 3.8) is 0 Å². The van der Waals surface area contributed by atoms with Crippen LogP contribution in [0.4, 0.5) is 0 Å². The Balaban J connectivity index is 2.13. The van der Waals surface area contributed by atoms with Gasteiger partial charge in [-0.05, 0) is 48.9 Å². The van der Waals surface area contributed by atoms with E-state index in [1.54, 1.807) is 11.8 Å². The number of benzene rings is 2. The molecule has 0 aliphatic carbocycles. The summed E-state index contributed by atoms with van der Waals surface area (Å²) in [6, 6.07) is 14.5. The van der Waals surface area contributed by atoms with E-state index in [4.69, 9.17) is 4.74 Å². The molecule has 2 rings (SSSR count). The summed E-state index contributed by atoms with van der Waals surface area (Å²) in [5, 5.41) is 0. The lowest BCUT2D eigenvalue weighted by molar-refractivity contribution is 0.303. The number of ether oxygens (including phenoxy) is 1. The first-order valence-electron chi connectivity index (χ1n) is 6.03. The van der Waals surface area contributed by atoms with Crippen molar-refractivity contribution in [2.45, 2.75) is 25.3 Å². The monoisotopic (exact) mass is 258 g/mol. The molecule has 2 aromatic rings. The average Bonchev–Trinajstić information content (AvgIpc) is 2.42. The van der Waals surface area contributed by atoms with Crippen LogP contribution in [0, 0.1) is 13.8 Å². The summed E-state index contributed by atoms with van der Waals surface area (Å²) in [4.78, 5) is 1.32. The second-order valence-electron chi connectivity index (χ2n) is 4.29. The smallest absolute Gasteiger partial charge is 0.123 e. The molecule has 0 bridgehead atoms. The van der Waals surface area contributed by atoms with Crippen molar-refractivity contribution >= 4 is 11.8 Å². The minimum atomic E-state index is 0.625. The molecule has 18 heavy (non-hydrogen) atoms. The zero-order valence-corrected chi connectivity index (χ0v) is 11.9. The van der Waals surface area contributed by atoms with Crippen molar-refractivity contribution in [2.24, 2.45) is 0 Å². The van der Waals surface area contributed by atoms with Crippen LogP contribution in [-0.2, 0) is 6.61 Å². The second-order valence-corrected chi connectivity index (χ2v) is 5.14. The fourth-order valence-corrected chi connectivity index (χ4v) is 2.55. The number of hydrogen-bond donors (Lipinski definition) is 0. The minimum absolute atomic E-state index is 0.625. The maximum atomic E-state index is 5.89. The first-order chi connectivity index (χ1) is 8.72. The molecule has 0 saturated heterocycles. The highest BCUT2D eigenvalue weighted by Gasteiger charge is 2.06. The van der Waals surface area contributed by atoms with Crippen LogP contribution in [0.5, 0.6) is 5.75 Å². The van der Waals surface area contributed by atoms with E-state index in [0.717, 1.165) is 5.75 Å². The van der Waals surface area contributed by atoms with Crippen LogP contribution < -0.4 is 4.74 Å². The van der Waals surface area contributed by atoms with Gasteiger partial charge < -0.3 is 4.74 Å². The summed E-state index contributed by atoms with van der Waals surface area (Å²) >= 11 is 1.78. The van der Waals surface area contributed by atoms with Gasteiger partial charge in [-0.2, -0.15) is 0 Å². The summed E-state index contributed by atoms with van der Waals surface area (Å²) in [7, 11) is 0. The highest BCUT2D eigenvalue weighted by molar-refractivity contribution is 7.98. The van der Waals surface area contributed by atoms with Crippen molar-refractivity contribution in [1.29, 1.82) is 0 Å². The molecule has 0 aliphatic heterocycles. The fraction of sp³-hybridized carbons (Fsp3) is 0.250. The van der Waals surface area contributed by atoms with E-state index in [2.05, 4.69) is 44.4 Å². The molecule has 0 radical (unpaired) electrons. The zero-order valence-electron chi connectivity index (χ0n) is 11.1. The van der Waals surface area contributed by atoms with Crippen molar-refractivity contribution in [2.75, 3.05) is 6.26 Å². The Bertz CT molecular complexity index is 520. The summed E-state index contributed by atoms with van der Waals surface area (Å²) in [6.45, 7) is 4.89. The molecule has 94 valence electrons. The molecule has 0 atom stereocenters. The Morgan fingerprint density at radius 3 is 2.33 bits per heavy atom. The van der Waals surface area contributed by atoms with Crippen LogP contribution in [0.1, 0.15) is 16.7 Å². The van der Waals surface area contributed by atoms with Gasteiger partial charge in [0.1, 0.15) is 12.4 Å². The molecule has 2 heteroatoms. The first-order valence-corrected chi connectivity index (χ1v) is 7.25. The van der Waals surface area contributed by atoms with Crippen molar-refractivity contribution in [3.8, 4) is 5.75 Å². The predicted octanol–water partition coefficient (Wildman–Crippen LogP) is 4.60. The third kappa shape index (κ3) is 2.88. The Morgan fingerprint density at radius 1 is 0.944 bits per heavy atom. The Labute approximate surface area is 113 Å². The quantitative estimate of drug-likeness (QED) is 0.741. The van der Waals surface area contributed by atoms with Gasteiger partial charge in [0.15, 0.2) is 0 Å². The van der Waals surface area contributed by atoms with Gasteiger partial charge in [-0.15, -0.1) is 11.8 Å². The van der Waals surface area contributed by atoms with E-state index < -0.39 is 0 Å². The number of hydrogen-bond acceptors (Lipinski definition) is 2. The van der Waals surface area contributed by atoms with E-state index in [1.807, 2.05) is 18.2 Å². The van der Waals surface area contributed by atoms with Gasteiger partial charge in [-0.3, -0.25) is 0 Å². The van der Waals surface area contributed by atoms with Gasteiger partial charge >= 0.3 is 0 Å². The molecule has 0 N–H and O–H groups in total. The van der Waals surface area contributed by atoms with Crippen molar-refractivity contribution in [3.05, 3.63) is 59.2 Å². The molecule has 0 aliphatic rings. The molecule has 0 saturated carbocycles. The van der Waals surface area contributed by atoms with Crippen LogP contribution in [0.2, 0.25) is 0 Å². The Hall–Kier alpha value is -1.41. The summed E-state index contributed by atoms with van der Waals surface area (Å²) < 4.78 is 5.89. The van der Waals surface area contributed by atoms with E-state index in [9.17, 15) is 0 Å². The lowest BCUT2D eigenvalue weighted by Gasteiger charge is -2.13. The van der Waals surface area contributed by atoms with E-state index in [1.165, 1.54) is 21.6 Å². The second kappa shape index (κ2) is 5.96. The standard InChI is InChI=1S/C16H18OS/c1-12-13(2)16(18-3)10-9-15(12)17-11-14-7-5-4-6-8-14/h4-10H,11H2,1-3H3. The Morgan fingerprint density at radius 2 is 1.67 bits per heavy atom. The molecular weight excluding hydrogens is 240 g/mol. The number of thioether (sulfide) groups is 1. The molecule has 1 nitrogen and oxygen atoms in total. The van der Waals surface area contributed by atoms with Gasteiger partial charge in [0.05, 0.1) is 0 Å². The normalized spacial score (nSPS) is 10.4. The van der Waals surface area contributed by atoms with Crippen molar-refractivity contribution in [1.82, 2.24) is 0 Å². The third-order valence-electron chi connectivity index (χ3n) is 3.14. The molecule has 0 amide bonds. The summed E-state index contributed by atoms with van der Waals surface area (Å²) in [5.41, 5.74) is 3.74. The van der Waals surface area contributed by atoms with Gasteiger partial charge in [-0.1, -0.05) is 30.3 Å². The highest BCUT2D eigenvalue weighted by Crippen LogP contribution is 2.29. The van der Waals surface area contributed by atoms with Gasteiger partial charge in [0, 0.05) is 4.90 Å². The minimum Gasteiger partial charge on any atom is -0.489 e.